The fourth-order valence-corrected chi connectivity index (χ4v) is 5.40. The lowest BCUT2D eigenvalue weighted by molar-refractivity contribution is -0.133. The van der Waals surface area contributed by atoms with Gasteiger partial charge in [0.05, 0.1) is 7.11 Å². The Bertz CT molecular complexity index is 1270. The molecule has 3 heterocycles. The van der Waals surface area contributed by atoms with E-state index in [0.717, 1.165) is 46.6 Å². The maximum Gasteiger partial charge on any atom is 0.328 e. The van der Waals surface area contributed by atoms with Gasteiger partial charge in [0.2, 0.25) is 0 Å². The monoisotopic (exact) mass is 462 g/mol. The molecule has 0 bridgehead atoms. The first-order valence-corrected chi connectivity index (χ1v) is 11.7. The minimum atomic E-state index is -1.03. The number of urea groups is 1. The number of aromatic amines is 1. The number of fused-ring (bicyclic) bond motifs is 4. The van der Waals surface area contributed by atoms with Crippen molar-refractivity contribution in [3.63, 3.8) is 0 Å². The zero-order valence-corrected chi connectivity index (χ0v) is 19.7. The molecule has 1 fully saturated rings. The van der Waals surface area contributed by atoms with Crippen LogP contribution >= 0.6 is 0 Å². The molecule has 34 heavy (non-hydrogen) atoms. The second kappa shape index (κ2) is 8.36. The fraction of sp³-hybridized carbons (Fsp3) is 0.385. The SMILES string of the molecule is CCNCCCN1C(=O)N2C(c3cccc(O)c3)c3[nH]c4ccc(OC)cc4c3CC2(C)C1=O. The van der Waals surface area contributed by atoms with Crippen molar-refractivity contribution in [1.82, 2.24) is 20.1 Å². The van der Waals surface area contributed by atoms with Crippen LogP contribution in [0.15, 0.2) is 42.5 Å². The van der Waals surface area contributed by atoms with E-state index in [1.54, 1.807) is 30.2 Å². The molecule has 8 heteroatoms. The van der Waals surface area contributed by atoms with E-state index in [0.29, 0.717) is 19.4 Å². The highest BCUT2D eigenvalue weighted by Gasteiger charge is 2.60. The third-order valence-corrected chi connectivity index (χ3v) is 7.04. The van der Waals surface area contributed by atoms with E-state index < -0.39 is 11.6 Å². The van der Waals surface area contributed by atoms with Gasteiger partial charge in [-0.1, -0.05) is 19.1 Å². The lowest BCUT2D eigenvalue weighted by Crippen LogP contribution is -2.53. The Balaban J connectivity index is 1.65. The van der Waals surface area contributed by atoms with E-state index >= 15 is 0 Å². The Kier molecular flexibility index (Phi) is 5.48. The summed E-state index contributed by atoms with van der Waals surface area (Å²) in [4.78, 5) is 34.1. The molecule has 1 aromatic heterocycles. The standard InChI is InChI=1S/C26H30N4O4/c1-4-27-11-6-12-29-24(32)26(2)15-20-19-14-18(34-3)9-10-21(19)28-22(20)23(30(26)25(29)33)16-7-5-8-17(31)13-16/h5,7-10,13-14,23,27-28,31H,4,6,11-12,15H2,1-3H3. The third kappa shape index (κ3) is 3.32. The van der Waals surface area contributed by atoms with Gasteiger partial charge in [0.25, 0.3) is 5.91 Å². The number of aromatic hydroxyl groups is 1. The molecule has 3 aromatic rings. The van der Waals surface area contributed by atoms with E-state index in [1.165, 1.54) is 4.90 Å². The van der Waals surface area contributed by atoms with E-state index in [4.69, 9.17) is 4.74 Å². The van der Waals surface area contributed by atoms with Gasteiger partial charge >= 0.3 is 6.03 Å². The summed E-state index contributed by atoms with van der Waals surface area (Å²) in [6, 6.07) is 11.9. The van der Waals surface area contributed by atoms with E-state index in [1.807, 2.05) is 38.1 Å². The smallest absolute Gasteiger partial charge is 0.328 e. The summed E-state index contributed by atoms with van der Waals surface area (Å²) >= 11 is 0. The quantitative estimate of drug-likeness (QED) is 0.369. The Morgan fingerprint density at radius 2 is 2.06 bits per heavy atom. The predicted molar refractivity (Wildman–Crippen MR) is 129 cm³/mol. The Morgan fingerprint density at radius 3 is 2.79 bits per heavy atom. The first-order chi connectivity index (χ1) is 16.4. The van der Waals surface area contributed by atoms with Gasteiger partial charge in [-0.25, -0.2) is 4.79 Å². The van der Waals surface area contributed by atoms with Gasteiger partial charge in [-0.05, 0) is 67.9 Å². The minimum Gasteiger partial charge on any atom is -0.508 e. The van der Waals surface area contributed by atoms with E-state index in [2.05, 4.69) is 10.3 Å². The molecule has 3 amide bonds. The molecular formula is C26H30N4O4. The van der Waals surface area contributed by atoms with Gasteiger partial charge < -0.3 is 20.1 Å². The van der Waals surface area contributed by atoms with Crippen LogP contribution in [0, 0.1) is 0 Å². The van der Waals surface area contributed by atoms with Crippen molar-refractivity contribution in [3.05, 3.63) is 59.3 Å². The number of nitrogens with one attached hydrogen (secondary N) is 2. The molecular weight excluding hydrogens is 432 g/mol. The number of methoxy groups -OCH3 is 1. The summed E-state index contributed by atoms with van der Waals surface area (Å²) in [6.45, 7) is 5.84. The summed E-state index contributed by atoms with van der Waals surface area (Å²) in [7, 11) is 1.63. The number of carbonyl (C=O) groups is 2. The van der Waals surface area contributed by atoms with Gasteiger partial charge in [0.1, 0.15) is 23.1 Å². The van der Waals surface area contributed by atoms with Crippen molar-refractivity contribution in [2.45, 2.75) is 38.3 Å². The lowest BCUT2D eigenvalue weighted by atomic mass is 9.81. The van der Waals surface area contributed by atoms with Gasteiger partial charge in [0, 0.05) is 29.6 Å². The van der Waals surface area contributed by atoms with E-state index in [-0.39, 0.29) is 17.7 Å². The number of hydrogen-bond acceptors (Lipinski definition) is 5. The molecule has 3 N–H and O–H groups in total. The summed E-state index contributed by atoms with van der Waals surface area (Å²) < 4.78 is 5.45. The van der Waals surface area contributed by atoms with Gasteiger partial charge in [-0.15, -0.1) is 0 Å². The van der Waals surface area contributed by atoms with Crippen molar-refractivity contribution >= 4 is 22.8 Å². The fourth-order valence-electron chi connectivity index (χ4n) is 5.40. The van der Waals surface area contributed by atoms with Crippen molar-refractivity contribution in [3.8, 4) is 11.5 Å². The molecule has 0 aliphatic carbocycles. The normalized spacial score (nSPS) is 21.8. The number of phenols is 1. The van der Waals surface area contributed by atoms with Crippen LogP contribution in [0.25, 0.3) is 10.9 Å². The molecule has 1 saturated heterocycles. The number of amides is 3. The zero-order chi connectivity index (χ0) is 24.0. The number of ether oxygens (including phenoxy) is 1. The second-order valence-corrected chi connectivity index (χ2v) is 9.19. The Morgan fingerprint density at radius 1 is 1.24 bits per heavy atom. The average molecular weight is 463 g/mol. The van der Waals surface area contributed by atoms with Crippen LogP contribution in [0.3, 0.4) is 0 Å². The highest BCUT2D eigenvalue weighted by Crippen LogP contribution is 2.49. The largest absolute Gasteiger partial charge is 0.508 e. The Labute approximate surface area is 198 Å². The highest BCUT2D eigenvalue weighted by molar-refractivity contribution is 6.08. The number of H-pyrrole nitrogens is 1. The molecule has 2 aliphatic heterocycles. The summed E-state index contributed by atoms with van der Waals surface area (Å²) in [5.41, 5.74) is 2.50. The topological polar surface area (TPSA) is 97.9 Å². The third-order valence-electron chi connectivity index (χ3n) is 7.04. The summed E-state index contributed by atoms with van der Waals surface area (Å²) in [5, 5.41) is 14.5. The van der Waals surface area contributed by atoms with Crippen LogP contribution < -0.4 is 10.1 Å². The number of benzene rings is 2. The molecule has 0 radical (unpaired) electrons. The first-order valence-electron chi connectivity index (χ1n) is 11.7. The number of imide groups is 1. The van der Waals surface area contributed by atoms with Crippen LogP contribution in [-0.2, 0) is 11.2 Å². The number of carbonyl (C=O) groups excluding carboxylic acids is 2. The number of hydrogen-bond donors (Lipinski definition) is 3. The summed E-state index contributed by atoms with van der Waals surface area (Å²) in [6.07, 6.45) is 1.09. The summed E-state index contributed by atoms with van der Waals surface area (Å²) in [5.74, 6) is 0.668. The van der Waals surface area contributed by atoms with Crippen molar-refractivity contribution in [1.29, 1.82) is 0 Å². The van der Waals surface area contributed by atoms with Crippen LogP contribution in [0.2, 0.25) is 0 Å². The van der Waals surface area contributed by atoms with Gasteiger partial charge in [-0.3, -0.25) is 14.6 Å². The minimum absolute atomic E-state index is 0.115. The molecule has 0 saturated carbocycles. The molecule has 2 aromatic carbocycles. The van der Waals surface area contributed by atoms with E-state index in [9.17, 15) is 14.7 Å². The number of aromatic nitrogens is 1. The molecule has 2 aliphatic rings. The molecule has 0 spiro atoms. The number of nitrogens with zero attached hydrogens (tertiary/aromatic N) is 2. The van der Waals surface area contributed by atoms with Crippen molar-refractivity contribution in [2.24, 2.45) is 0 Å². The van der Waals surface area contributed by atoms with Crippen molar-refractivity contribution in [2.75, 3.05) is 26.7 Å². The Hall–Kier alpha value is -3.52. The maximum atomic E-state index is 13.7. The molecule has 178 valence electrons. The molecule has 2 unspecified atom stereocenters. The lowest BCUT2D eigenvalue weighted by Gasteiger charge is -2.42. The van der Waals surface area contributed by atoms with Crippen molar-refractivity contribution < 1.29 is 19.4 Å². The molecule has 5 rings (SSSR count). The van der Waals surface area contributed by atoms with Gasteiger partial charge in [0.15, 0.2) is 0 Å². The van der Waals surface area contributed by atoms with Crippen LogP contribution in [0.1, 0.15) is 43.1 Å². The number of rotatable bonds is 7. The second-order valence-electron chi connectivity index (χ2n) is 9.19. The van der Waals surface area contributed by atoms with Crippen LogP contribution in [-0.4, -0.2) is 64.1 Å². The van der Waals surface area contributed by atoms with Crippen LogP contribution in [0.5, 0.6) is 11.5 Å². The average Bonchev–Trinajstić information content (AvgIpc) is 3.27. The highest BCUT2D eigenvalue weighted by atomic mass is 16.5. The van der Waals surface area contributed by atoms with Gasteiger partial charge in [-0.2, -0.15) is 0 Å². The molecule has 2 atom stereocenters. The number of phenolic OH excluding ortho intramolecular Hbond substituents is 1. The molecule has 8 nitrogen and oxygen atoms in total. The maximum absolute atomic E-state index is 13.7. The predicted octanol–water partition coefficient (Wildman–Crippen LogP) is 3.55. The zero-order valence-electron chi connectivity index (χ0n) is 19.7. The first kappa shape index (κ1) is 22.3. The van der Waals surface area contributed by atoms with Crippen LogP contribution in [0.4, 0.5) is 4.79 Å².